The predicted molar refractivity (Wildman–Crippen MR) is 92.8 cm³/mol. The lowest BCUT2D eigenvalue weighted by Crippen LogP contribution is -1.98. The molecular formula is C19H19N3O2. The summed E-state index contributed by atoms with van der Waals surface area (Å²) in [6.07, 6.45) is 7.25. The third kappa shape index (κ3) is 4.23. The van der Waals surface area contributed by atoms with Gasteiger partial charge in [-0.2, -0.15) is 5.10 Å². The minimum absolute atomic E-state index is 0.513. The van der Waals surface area contributed by atoms with Gasteiger partial charge in [-0.1, -0.05) is 48.6 Å². The average molecular weight is 321 g/mol. The van der Waals surface area contributed by atoms with Gasteiger partial charge in [-0.05, 0) is 23.3 Å². The molecule has 2 aromatic carbocycles. The third-order valence-electron chi connectivity index (χ3n) is 3.49. The minimum Gasteiger partial charge on any atom is -0.493 e. The Kier molecular flexibility index (Phi) is 5.24. The van der Waals surface area contributed by atoms with Crippen molar-refractivity contribution < 1.29 is 9.47 Å². The first-order chi connectivity index (χ1) is 11.8. The molecule has 0 saturated carbocycles. The lowest BCUT2D eigenvalue weighted by molar-refractivity contribution is 0.284. The minimum atomic E-state index is 0.513. The van der Waals surface area contributed by atoms with Crippen LogP contribution < -0.4 is 9.47 Å². The summed E-state index contributed by atoms with van der Waals surface area (Å²) in [5.41, 5.74) is 2.16. The molecule has 24 heavy (non-hydrogen) atoms. The second-order valence-electron chi connectivity index (χ2n) is 5.20. The monoisotopic (exact) mass is 321 g/mol. The normalized spacial score (nSPS) is 10.9. The summed E-state index contributed by atoms with van der Waals surface area (Å²) in [7, 11) is 1.65. The van der Waals surface area contributed by atoms with E-state index >= 15 is 0 Å². The molecular weight excluding hydrogens is 302 g/mol. The topological polar surface area (TPSA) is 49.2 Å². The highest BCUT2D eigenvalue weighted by atomic mass is 16.5. The average Bonchev–Trinajstić information content (AvgIpc) is 3.15. The molecule has 0 spiro atoms. The zero-order chi connectivity index (χ0) is 16.6. The maximum absolute atomic E-state index is 5.86. The molecule has 5 nitrogen and oxygen atoms in total. The Balaban J connectivity index is 1.65. The van der Waals surface area contributed by atoms with E-state index in [0.29, 0.717) is 18.9 Å². The summed E-state index contributed by atoms with van der Waals surface area (Å²) in [6.45, 7) is 1.19. The molecule has 122 valence electrons. The maximum atomic E-state index is 5.86. The van der Waals surface area contributed by atoms with Gasteiger partial charge in [-0.25, -0.2) is 9.67 Å². The van der Waals surface area contributed by atoms with Crippen LogP contribution in [0.2, 0.25) is 0 Å². The van der Waals surface area contributed by atoms with Crippen LogP contribution in [-0.2, 0) is 13.2 Å². The van der Waals surface area contributed by atoms with Crippen LogP contribution in [0.25, 0.3) is 6.08 Å². The molecule has 0 N–H and O–H groups in total. The molecule has 0 aliphatic rings. The van der Waals surface area contributed by atoms with Gasteiger partial charge in [0.05, 0.1) is 13.7 Å². The summed E-state index contributed by atoms with van der Waals surface area (Å²) in [4.78, 5) is 3.91. The van der Waals surface area contributed by atoms with Gasteiger partial charge < -0.3 is 9.47 Å². The van der Waals surface area contributed by atoms with Crippen LogP contribution in [0.5, 0.6) is 11.5 Å². The number of aromatic nitrogens is 3. The quantitative estimate of drug-likeness (QED) is 0.667. The van der Waals surface area contributed by atoms with Crippen molar-refractivity contribution in [2.75, 3.05) is 7.11 Å². The second-order valence-corrected chi connectivity index (χ2v) is 5.20. The number of benzene rings is 2. The van der Waals surface area contributed by atoms with Crippen molar-refractivity contribution in [3.63, 3.8) is 0 Å². The molecule has 0 radical (unpaired) electrons. The molecule has 0 fully saturated rings. The van der Waals surface area contributed by atoms with E-state index in [9.17, 15) is 0 Å². The first-order valence-corrected chi connectivity index (χ1v) is 7.69. The van der Waals surface area contributed by atoms with Crippen LogP contribution >= 0.6 is 0 Å². The predicted octanol–water partition coefficient (Wildman–Crippen LogP) is 3.58. The fraction of sp³-hybridized carbons (Fsp3) is 0.158. The molecule has 0 saturated heterocycles. The van der Waals surface area contributed by atoms with Crippen LogP contribution in [0.1, 0.15) is 11.1 Å². The molecule has 5 heteroatoms. The zero-order valence-corrected chi connectivity index (χ0v) is 13.5. The standard InChI is InChI=1S/C19H19N3O2/c1-23-19-12-16(8-5-11-22-15-20-14-21-22)9-10-18(19)24-13-17-6-3-2-4-7-17/h2-10,12,14-15H,11,13H2,1H3/b8-5+. The maximum Gasteiger partial charge on any atom is 0.161 e. The lowest BCUT2D eigenvalue weighted by Gasteiger charge is -2.11. The van der Waals surface area contributed by atoms with E-state index in [2.05, 4.69) is 10.1 Å². The molecule has 1 heterocycles. The molecule has 0 unspecified atom stereocenters. The Morgan fingerprint density at radius 3 is 2.71 bits per heavy atom. The van der Waals surface area contributed by atoms with E-state index in [0.717, 1.165) is 16.9 Å². The molecule has 0 bridgehead atoms. The van der Waals surface area contributed by atoms with Gasteiger partial charge in [-0.3, -0.25) is 0 Å². The van der Waals surface area contributed by atoms with Crippen LogP contribution in [-0.4, -0.2) is 21.9 Å². The number of ether oxygens (including phenoxy) is 2. The Morgan fingerprint density at radius 2 is 1.96 bits per heavy atom. The summed E-state index contributed by atoms with van der Waals surface area (Å²) in [6, 6.07) is 15.9. The van der Waals surface area contributed by atoms with Gasteiger partial charge in [-0.15, -0.1) is 0 Å². The summed E-state index contributed by atoms with van der Waals surface area (Å²) >= 11 is 0. The Morgan fingerprint density at radius 1 is 1.08 bits per heavy atom. The van der Waals surface area contributed by atoms with Gasteiger partial charge in [0.25, 0.3) is 0 Å². The molecule has 0 amide bonds. The van der Waals surface area contributed by atoms with Gasteiger partial charge in [0.1, 0.15) is 19.3 Å². The van der Waals surface area contributed by atoms with Crippen molar-refractivity contribution >= 4 is 6.08 Å². The summed E-state index contributed by atoms with van der Waals surface area (Å²) < 4.78 is 13.1. The first kappa shape index (κ1) is 15.8. The van der Waals surface area contributed by atoms with Crippen molar-refractivity contribution in [3.05, 3.63) is 78.4 Å². The van der Waals surface area contributed by atoms with Crippen LogP contribution in [0.15, 0.2) is 67.3 Å². The van der Waals surface area contributed by atoms with Crippen molar-refractivity contribution in [1.29, 1.82) is 0 Å². The van der Waals surface area contributed by atoms with E-state index in [1.54, 1.807) is 18.1 Å². The SMILES string of the molecule is COc1cc(/C=C/Cn2cncn2)ccc1OCc1ccccc1. The van der Waals surface area contributed by atoms with Crippen molar-refractivity contribution in [2.45, 2.75) is 13.2 Å². The number of hydrogen-bond acceptors (Lipinski definition) is 4. The Bertz CT molecular complexity index is 784. The molecule has 1 aromatic heterocycles. The van der Waals surface area contributed by atoms with Crippen LogP contribution in [0.4, 0.5) is 0 Å². The molecule has 0 aliphatic heterocycles. The highest BCUT2D eigenvalue weighted by Gasteiger charge is 2.05. The molecule has 3 aromatic rings. The van der Waals surface area contributed by atoms with E-state index in [-0.39, 0.29) is 0 Å². The number of methoxy groups -OCH3 is 1. The highest BCUT2D eigenvalue weighted by Crippen LogP contribution is 2.29. The number of nitrogens with zero attached hydrogens (tertiary/aromatic N) is 3. The molecule has 0 aliphatic carbocycles. The van der Waals surface area contributed by atoms with Crippen molar-refractivity contribution in [2.24, 2.45) is 0 Å². The van der Waals surface area contributed by atoms with Crippen molar-refractivity contribution in [3.8, 4) is 11.5 Å². The van der Waals surface area contributed by atoms with Gasteiger partial charge in [0.15, 0.2) is 11.5 Å². The van der Waals surface area contributed by atoms with E-state index < -0.39 is 0 Å². The largest absolute Gasteiger partial charge is 0.493 e. The highest BCUT2D eigenvalue weighted by molar-refractivity contribution is 5.55. The molecule has 0 atom stereocenters. The fourth-order valence-electron chi connectivity index (χ4n) is 2.27. The summed E-state index contributed by atoms with van der Waals surface area (Å²) in [5, 5.41) is 4.06. The van der Waals surface area contributed by atoms with Crippen molar-refractivity contribution in [1.82, 2.24) is 14.8 Å². The zero-order valence-electron chi connectivity index (χ0n) is 13.5. The smallest absolute Gasteiger partial charge is 0.161 e. The van der Waals surface area contributed by atoms with Crippen LogP contribution in [0.3, 0.4) is 0 Å². The molecule has 3 rings (SSSR count). The van der Waals surface area contributed by atoms with Gasteiger partial charge in [0, 0.05) is 0 Å². The van der Waals surface area contributed by atoms with E-state index in [1.807, 2.05) is 60.7 Å². The Labute approximate surface area is 141 Å². The second kappa shape index (κ2) is 7.97. The van der Waals surface area contributed by atoms with Crippen LogP contribution in [0, 0.1) is 0 Å². The van der Waals surface area contributed by atoms with Gasteiger partial charge in [0.2, 0.25) is 0 Å². The third-order valence-corrected chi connectivity index (χ3v) is 3.49. The first-order valence-electron chi connectivity index (χ1n) is 7.69. The Hall–Kier alpha value is -3.08. The lowest BCUT2D eigenvalue weighted by atomic mass is 10.2. The fourth-order valence-corrected chi connectivity index (χ4v) is 2.27. The summed E-state index contributed by atoms with van der Waals surface area (Å²) in [5.74, 6) is 1.45. The van der Waals surface area contributed by atoms with E-state index in [4.69, 9.17) is 9.47 Å². The van der Waals surface area contributed by atoms with Gasteiger partial charge >= 0.3 is 0 Å². The number of rotatable bonds is 7. The van der Waals surface area contributed by atoms with E-state index in [1.165, 1.54) is 6.33 Å². The number of allylic oxidation sites excluding steroid dienone is 1. The number of hydrogen-bond donors (Lipinski definition) is 0.